The number of hydrogen-bond donors (Lipinski definition) is 1. The van der Waals surface area contributed by atoms with Gasteiger partial charge in [0.2, 0.25) is 5.88 Å². The lowest BCUT2D eigenvalue weighted by molar-refractivity contribution is 0.398. The van der Waals surface area contributed by atoms with Crippen molar-refractivity contribution in [2.45, 2.75) is 6.92 Å². The summed E-state index contributed by atoms with van der Waals surface area (Å²) in [6.07, 6.45) is 0. The van der Waals surface area contributed by atoms with Crippen LogP contribution in [0.5, 0.6) is 5.88 Å². The molecule has 2 heterocycles. The number of aromatic nitrogens is 3. The van der Waals surface area contributed by atoms with E-state index >= 15 is 0 Å². The van der Waals surface area contributed by atoms with Gasteiger partial charge >= 0.3 is 0 Å². The summed E-state index contributed by atoms with van der Waals surface area (Å²) in [6.45, 7) is 1.66. The van der Waals surface area contributed by atoms with Gasteiger partial charge < -0.3 is 9.72 Å². The Balaban J connectivity index is 2.90. The van der Waals surface area contributed by atoms with Gasteiger partial charge in [0.1, 0.15) is 17.5 Å². The van der Waals surface area contributed by atoms with Crippen molar-refractivity contribution in [1.29, 1.82) is 5.26 Å². The van der Waals surface area contributed by atoms with Crippen molar-refractivity contribution >= 4 is 11.0 Å². The maximum atomic E-state index is 11.6. The fourth-order valence-electron chi connectivity index (χ4n) is 1.39. The van der Waals surface area contributed by atoms with Crippen molar-refractivity contribution in [2.24, 2.45) is 0 Å². The molecule has 0 aliphatic carbocycles. The Morgan fingerprint density at radius 3 is 2.88 bits per heavy atom. The van der Waals surface area contributed by atoms with Crippen molar-refractivity contribution in [3.63, 3.8) is 0 Å². The molecule has 0 radical (unpaired) electrons. The maximum absolute atomic E-state index is 11.6. The first-order valence-corrected chi connectivity index (χ1v) is 4.51. The first-order chi connectivity index (χ1) is 7.65. The van der Waals surface area contributed by atoms with Crippen LogP contribution in [0, 0.1) is 18.3 Å². The number of H-pyrrole nitrogens is 1. The highest BCUT2D eigenvalue weighted by atomic mass is 16.5. The van der Waals surface area contributed by atoms with E-state index < -0.39 is 0 Å². The molecule has 0 aliphatic rings. The number of nitrogens with one attached hydrogen (secondary N) is 1. The van der Waals surface area contributed by atoms with Gasteiger partial charge in [-0.15, -0.1) is 0 Å². The van der Waals surface area contributed by atoms with Gasteiger partial charge in [-0.05, 0) is 13.0 Å². The molecule has 0 amide bonds. The van der Waals surface area contributed by atoms with Gasteiger partial charge in [0, 0.05) is 0 Å². The Morgan fingerprint density at radius 2 is 2.25 bits per heavy atom. The highest BCUT2D eigenvalue weighted by Gasteiger charge is 2.10. The molecule has 2 aromatic rings. The fraction of sp³-hybridized carbons (Fsp3) is 0.200. The molecule has 0 unspecified atom stereocenters. The van der Waals surface area contributed by atoms with Crippen LogP contribution in [0.3, 0.4) is 0 Å². The number of aromatic amines is 1. The number of pyridine rings is 1. The SMILES string of the molecule is COc1nc2nc(C)[nH]c(=O)c2cc1C#N. The molecule has 6 nitrogen and oxygen atoms in total. The summed E-state index contributed by atoms with van der Waals surface area (Å²) < 4.78 is 4.94. The number of hydrogen-bond acceptors (Lipinski definition) is 5. The minimum Gasteiger partial charge on any atom is -0.480 e. The van der Waals surface area contributed by atoms with E-state index in [0.29, 0.717) is 5.82 Å². The molecule has 0 bridgehead atoms. The van der Waals surface area contributed by atoms with Crippen molar-refractivity contribution in [1.82, 2.24) is 15.0 Å². The van der Waals surface area contributed by atoms with E-state index in [0.717, 1.165) is 0 Å². The Labute approximate surface area is 90.5 Å². The molecule has 0 aliphatic heterocycles. The predicted molar refractivity (Wildman–Crippen MR) is 56.2 cm³/mol. The van der Waals surface area contributed by atoms with Gasteiger partial charge in [-0.25, -0.2) is 4.98 Å². The van der Waals surface area contributed by atoms with Gasteiger partial charge in [0.05, 0.1) is 12.5 Å². The molecule has 16 heavy (non-hydrogen) atoms. The number of fused-ring (bicyclic) bond motifs is 1. The summed E-state index contributed by atoms with van der Waals surface area (Å²) in [5.74, 6) is 0.643. The maximum Gasteiger partial charge on any atom is 0.260 e. The molecular formula is C10H8N4O2. The van der Waals surface area contributed by atoms with Crippen LogP contribution in [0.1, 0.15) is 11.4 Å². The zero-order valence-corrected chi connectivity index (χ0v) is 8.74. The smallest absolute Gasteiger partial charge is 0.260 e. The van der Waals surface area contributed by atoms with Crippen LogP contribution in [0.4, 0.5) is 0 Å². The lowest BCUT2D eigenvalue weighted by atomic mass is 10.2. The van der Waals surface area contributed by atoms with Crippen LogP contribution in [-0.2, 0) is 0 Å². The number of nitriles is 1. The largest absolute Gasteiger partial charge is 0.480 e. The number of aryl methyl sites for hydroxylation is 1. The molecular weight excluding hydrogens is 208 g/mol. The Hall–Kier alpha value is -2.42. The lowest BCUT2D eigenvalue weighted by Crippen LogP contribution is -2.11. The average molecular weight is 216 g/mol. The van der Waals surface area contributed by atoms with E-state index in [4.69, 9.17) is 10.00 Å². The highest BCUT2D eigenvalue weighted by Crippen LogP contribution is 2.17. The first-order valence-electron chi connectivity index (χ1n) is 4.51. The molecule has 6 heteroatoms. The van der Waals surface area contributed by atoms with Crippen LogP contribution in [0.2, 0.25) is 0 Å². The molecule has 1 N–H and O–H groups in total. The van der Waals surface area contributed by atoms with E-state index in [1.807, 2.05) is 6.07 Å². The summed E-state index contributed by atoms with van der Waals surface area (Å²) in [6, 6.07) is 3.34. The third-order valence-electron chi connectivity index (χ3n) is 2.09. The first kappa shape index (κ1) is 10.1. The second-order valence-corrected chi connectivity index (χ2v) is 3.18. The molecule has 0 fully saturated rings. The monoisotopic (exact) mass is 216 g/mol. The van der Waals surface area contributed by atoms with E-state index in [1.165, 1.54) is 13.2 Å². The molecule has 0 saturated heterocycles. The second-order valence-electron chi connectivity index (χ2n) is 3.18. The van der Waals surface area contributed by atoms with Crippen molar-refractivity contribution < 1.29 is 4.74 Å². The lowest BCUT2D eigenvalue weighted by Gasteiger charge is -2.03. The number of rotatable bonds is 1. The molecule has 0 aromatic carbocycles. The highest BCUT2D eigenvalue weighted by molar-refractivity contribution is 5.76. The zero-order chi connectivity index (χ0) is 11.7. The standard InChI is InChI=1S/C10H8N4O2/c1-5-12-8-7(9(15)13-5)3-6(4-11)10(14-8)16-2/h3H,1-2H3,(H,12,13,14,15). The second kappa shape index (κ2) is 3.62. The van der Waals surface area contributed by atoms with Crippen molar-refractivity contribution in [3.05, 3.63) is 27.8 Å². The summed E-state index contributed by atoms with van der Waals surface area (Å²) in [5, 5.41) is 9.13. The molecule has 2 aromatic heterocycles. The fourth-order valence-corrected chi connectivity index (χ4v) is 1.39. The molecule has 0 spiro atoms. The van der Waals surface area contributed by atoms with Gasteiger partial charge in [0.25, 0.3) is 5.56 Å². The van der Waals surface area contributed by atoms with Crippen LogP contribution in [0.15, 0.2) is 10.9 Å². The summed E-state index contributed by atoms with van der Waals surface area (Å²) in [5.41, 5.74) is 0.178. The summed E-state index contributed by atoms with van der Waals surface area (Å²) in [7, 11) is 1.41. The van der Waals surface area contributed by atoms with Gasteiger partial charge in [-0.2, -0.15) is 10.2 Å². The van der Waals surface area contributed by atoms with Crippen LogP contribution in [0.25, 0.3) is 11.0 Å². The van der Waals surface area contributed by atoms with Gasteiger partial charge in [0.15, 0.2) is 5.65 Å². The normalized spacial score (nSPS) is 10.1. The van der Waals surface area contributed by atoms with Crippen molar-refractivity contribution in [3.8, 4) is 11.9 Å². The Morgan fingerprint density at radius 1 is 1.50 bits per heavy atom. The van der Waals surface area contributed by atoms with Crippen LogP contribution < -0.4 is 10.3 Å². The number of ether oxygens (including phenoxy) is 1. The van der Waals surface area contributed by atoms with Crippen LogP contribution >= 0.6 is 0 Å². The molecule has 0 atom stereocenters. The predicted octanol–water partition coefficient (Wildman–Crippen LogP) is 0.507. The average Bonchev–Trinajstić information content (AvgIpc) is 2.27. The third-order valence-corrected chi connectivity index (χ3v) is 2.09. The van der Waals surface area contributed by atoms with Crippen molar-refractivity contribution in [2.75, 3.05) is 7.11 Å². The summed E-state index contributed by atoms with van der Waals surface area (Å²) in [4.78, 5) is 22.2. The molecule has 80 valence electrons. The quantitative estimate of drug-likeness (QED) is 0.749. The number of nitrogens with zero attached hydrogens (tertiary/aromatic N) is 3. The third kappa shape index (κ3) is 1.48. The van der Waals surface area contributed by atoms with Gasteiger partial charge in [-0.1, -0.05) is 0 Å². The molecule has 0 saturated carbocycles. The topological polar surface area (TPSA) is 91.7 Å². The minimum absolute atomic E-state index is 0.174. The van der Waals surface area contributed by atoms with E-state index in [2.05, 4.69) is 15.0 Å². The summed E-state index contributed by atoms with van der Waals surface area (Å²) >= 11 is 0. The van der Waals surface area contributed by atoms with E-state index in [9.17, 15) is 4.79 Å². The van der Waals surface area contributed by atoms with E-state index in [1.54, 1.807) is 6.92 Å². The Kier molecular flexibility index (Phi) is 2.29. The minimum atomic E-state index is -0.311. The van der Waals surface area contributed by atoms with Crippen LogP contribution in [-0.4, -0.2) is 22.1 Å². The Bertz CT molecular complexity index is 654. The molecule has 2 rings (SSSR count). The zero-order valence-electron chi connectivity index (χ0n) is 8.74. The number of methoxy groups -OCH3 is 1. The van der Waals surface area contributed by atoms with E-state index in [-0.39, 0.29) is 28.0 Å². The van der Waals surface area contributed by atoms with Gasteiger partial charge in [-0.3, -0.25) is 4.79 Å².